The summed E-state index contributed by atoms with van der Waals surface area (Å²) in [6, 6.07) is 9.26. The van der Waals surface area contributed by atoms with Crippen LogP contribution in [0.1, 0.15) is 0 Å². The summed E-state index contributed by atoms with van der Waals surface area (Å²) in [5, 5.41) is 10.2. The second-order valence-electron chi connectivity index (χ2n) is 3.44. The molecule has 1 aromatic carbocycles. The van der Waals surface area contributed by atoms with Gasteiger partial charge in [0.05, 0.1) is 0 Å². The standard InChI is InChI=1S/C11H6ClN3O2/c12-10-9-7(11(16)14-13-10)8(15-17-9)6-4-2-1-3-5-6/h1-5H,(H,14,16). The molecule has 0 bridgehead atoms. The van der Waals surface area contributed by atoms with Crippen LogP contribution in [-0.2, 0) is 0 Å². The Morgan fingerprint density at radius 2 is 2.00 bits per heavy atom. The van der Waals surface area contributed by atoms with Gasteiger partial charge in [0, 0.05) is 5.56 Å². The van der Waals surface area contributed by atoms with Gasteiger partial charge in [-0.3, -0.25) is 4.79 Å². The Morgan fingerprint density at radius 3 is 2.76 bits per heavy atom. The van der Waals surface area contributed by atoms with E-state index in [1.165, 1.54) is 0 Å². The van der Waals surface area contributed by atoms with Crippen molar-refractivity contribution in [1.29, 1.82) is 0 Å². The summed E-state index contributed by atoms with van der Waals surface area (Å²) >= 11 is 5.81. The quantitative estimate of drug-likeness (QED) is 0.716. The van der Waals surface area contributed by atoms with Gasteiger partial charge in [-0.05, 0) is 0 Å². The Bertz CT molecular complexity index is 733. The Morgan fingerprint density at radius 1 is 1.24 bits per heavy atom. The molecule has 0 radical (unpaired) electrons. The van der Waals surface area contributed by atoms with Crippen LogP contribution < -0.4 is 5.56 Å². The maximum absolute atomic E-state index is 11.7. The number of fused-ring (bicyclic) bond motifs is 1. The number of halogens is 1. The summed E-state index contributed by atoms with van der Waals surface area (Å²) in [4.78, 5) is 11.7. The number of aromatic amines is 1. The number of nitrogens with one attached hydrogen (secondary N) is 1. The van der Waals surface area contributed by atoms with Gasteiger partial charge in [-0.1, -0.05) is 47.1 Å². The summed E-state index contributed by atoms with van der Waals surface area (Å²) in [6.07, 6.45) is 0. The molecule has 0 unspecified atom stereocenters. The van der Waals surface area contributed by atoms with Crippen molar-refractivity contribution in [3.05, 3.63) is 45.8 Å². The van der Waals surface area contributed by atoms with E-state index in [4.69, 9.17) is 16.1 Å². The number of hydrogen-bond acceptors (Lipinski definition) is 4. The minimum Gasteiger partial charge on any atom is -0.352 e. The van der Waals surface area contributed by atoms with E-state index in [2.05, 4.69) is 15.4 Å². The molecule has 0 saturated carbocycles. The molecule has 0 atom stereocenters. The molecule has 84 valence electrons. The maximum Gasteiger partial charge on any atom is 0.277 e. The van der Waals surface area contributed by atoms with Gasteiger partial charge >= 0.3 is 0 Å². The van der Waals surface area contributed by atoms with Crippen LogP contribution in [0.5, 0.6) is 0 Å². The summed E-state index contributed by atoms with van der Waals surface area (Å²) in [6.45, 7) is 0. The van der Waals surface area contributed by atoms with Crippen LogP contribution in [0.2, 0.25) is 5.15 Å². The third kappa shape index (κ3) is 1.52. The monoisotopic (exact) mass is 247 g/mol. The molecule has 0 aliphatic rings. The van der Waals surface area contributed by atoms with Crippen LogP contribution in [0.4, 0.5) is 0 Å². The molecule has 0 amide bonds. The number of H-pyrrole nitrogens is 1. The molecule has 0 saturated heterocycles. The maximum atomic E-state index is 11.7. The van der Waals surface area contributed by atoms with E-state index in [0.717, 1.165) is 5.56 Å². The summed E-state index contributed by atoms with van der Waals surface area (Å²) in [5.41, 5.74) is 1.09. The molecule has 2 aromatic heterocycles. The second-order valence-corrected chi connectivity index (χ2v) is 3.80. The van der Waals surface area contributed by atoms with Crippen molar-refractivity contribution >= 4 is 22.6 Å². The van der Waals surface area contributed by atoms with Gasteiger partial charge in [-0.2, -0.15) is 5.10 Å². The zero-order chi connectivity index (χ0) is 11.8. The normalized spacial score (nSPS) is 10.9. The predicted octanol–water partition coefficient (Wildman–Crippen LogP) is 2.23. The van der Waals surface area contributed by atoms with Crippen molar-refractivity contribution in [2.45, 2.75) is 0 Å². The molecule has 5 nitrogen and oxygen atoms in total. The van der Waals surface area contributed by atoms with Crippen LogP contribution in [0.3, 0.4) is 0 Å². The molecular formula is C11H6ClN3O2. The van der Waals surface area contributed by atoms with E-state index in [1.807, 2.05) is 30.3 Å². The van der Waals surface area contributed by atoms with Gasteiger partial charge in [-0.25, -0.2) is 5.10 Å². The number of rotatable bonds is 1. The smallest absolute Gasteiger partial charge is 0.277 e. The zero-order valence-corrected chi connectivity index (χ0v) is 9.23. The van der Waals surface area contributed by atoms with Gasteiger partial charge in [0.2, 0.25) is 5.58 Å². The van der Waals surface area contributed by atoms with Crippen molar-refractivity contribution < 1.29 is 4.52 Å². The van der Waals surface area contributed by atoms with E-state index < -0.39 is 0 Å². The molecule has 2 heterocycles. The first kappa shape index (κ1) is 10.0. The van der Waals surface area contributed by atoms with Gasteiger partial charge in [0.25, 0.3) is 5.56 Å². The lowest BCUT2D eigenvalue weighted by Gasteiger charge is -1.94. The first-order valence-electron chi connectivity index (χ1n) is 4.86. The summed E-state index contributed by atoms with van der Waals surface area (Å²) in [5.74, 6) is 0. The second kappa shape index (κ2) is 3.71. The highest BCUT2D eigenvalue weighted by molar-refractivity contribution is 6.33. The predicted molar refractivity (Wildman–Crippen MR) is 62.9 cm³/mol. The molecule has 17 heavy (non-hydrogen) atoms. The number of benzene rings is 1. The van der Waals surface area contributed by atoms with Crippen LogP contribution in [0.15, 0.2) is 39.6 Å². The third-order valence-corrected chi connectivity index (χ3v) is 2.67. The Labute approximate surface area is 100 Å². The Balaban J connectivity index is 2.40. The van der Waals surface area contributed by atoms with Crippen LogP contribution >= 0.6 is 11.6 Å². The lowest BCUT2D eigenvalue weighted by atomic mass is 10.1. The number of hydrogen-bond donors (Lipinski definition) is 1. The highest BCUT2D eigenvalue weighted by atomic mass is 35.5. The summed E-state index contributed by atoms with van der Waals surface area (Å²) in [7, 11) is 0. The first-order chi connectivity index (χ1) is 8.27. The van der Waals surface area contributed by atoms with E-state index in [9.17, 15) is 4.79 Å². The minimum absolute atomic E-state index is 0.0919. The molecular weight excluding hydrogens is 242 g/mol. The van der Waals surface area contributed by atoms with E-state index in [-0.39, 0.29) is 16.3 Å². The van der Waals surface area contributed by atoms with E-state index in [0.29, 0.717) is 11.1 Å². The average molecular weight is 248 g/mol. The zero-order valence-electron chi connectivity index (χ0n) is 8.48. The molecule has 6 heteroatoms. The topological polar surface area (TPSA) is 71.8 Å². The van der Waals surface area contributed by atoms with Crippen LogP contribution in [0.25, 0.3) is 22.2 Å². The van der Waals surface area contributed by atoms with Gasteiger partial charge < -0.3 is 4.52 Å². The fourth-order valence-corrected chi connectivity index (χ4v) is 1.81. The third-order valence-electron chi connectivity index (χ3n) is 2.41. The SMILES string of the molecule is O=c1[nH]nc(Cl)c2onc(-c3ccccc3)c12. The van der Waals surface area contributed by atoms with Crippen molar-refractivity contribution in [1.82, 2.24) is 15.4 Å². The Kier molecular flexibility index (Phi) is 2.19. The van der Waals surface area contributed by atoms with Crippen molar-refractivity contribution in [3.63, 3.8) is 0 Å². The molecule has 0 spiro atoms. The largest absolute Gasteiger partial charge is 0.352 e. The fraction of sp³-hybridized carbons (Fsp3) is 0. The van der Waals surface area contributed by atoms with Crippen molar-refractivity contribution in [2.24, 2.45) is 0 Å². The summed E-state index contributed by atoms with van der Waals surface area (Å²) < 4.78 is 5.05. The van der Waals surface area contributed by atoms with Crippen LogP contribution in [-0.4, -0.2) is 15.4 Å². The molecule has 0 aliphatic heterocycles. The first-order valence-corrected chi connectivity index (χ1v) is 5.24. The minimum atomic E-state index is -0.371. The number of nitrogens with zero attached hydrogens (tertiary/aromatic N) is 2. The lowest BCUT2D eigenvalue weighted by Crippen LogP contribution is -2.07. The Hall–Kier alpha value is -2.14. The van der Waals surface area contributed by atoms with E-state index in [1.54, 1.807) is 0 Å². The molecule has 1 N–H and O–H groups in total. The fourth-order valence-electron chi connectivity index (χ4n) is 1.64. The van der Waals surface area contributed by atoms with Gasteiger partial charge in [-0.15, -0.1) is 0 Å². The van der Waals surface area contributed by atoms with Gasteiger partial charge in [0.15, 0.2) is 5.15 Å². The van der Waals surface area contributed by atoms with Crippen molar-refractivity contribution in [2.75, 3.05) is 0 Å². The average Bonchev–Trinajstić information content (AvgIpc) is 2.81. The van der Waals surface area contributed by atoms with Crippen LogP contribution in [0, 0.1) is 0 Å². The molecule has 3 rings (SSSR count). The number of aromatic nitrogens is 3. The van der Waals surface area contributed by atoms with Crippen molar-refractivity contribution in [3.8, 4) is 11.3 Å². The highest BCUT2D eigenvalue weighted by Gasteiger charge is 2.16. The molecule has 3 aromatic rings. The highest BCUT2D eigenvalue weighted by Crippen LogP contribution is 2.27. The molecule has 0 aliphatic carbocycles. The van der Waals surface area contributed by atoms with Gasteiger partial charge in [0.1, 0.15) is 11.1 Å². The van der Waals surface area contributed by atoms with E-state index >= 15 is 0 Å². The molecule has 0 fully saturated rings. The lowest BCUT2D eigenvalue weighted by molar-refractivity contribution is 0.458.